The molecule has 3 aromatic rings. The van der Waals surface area contributed by atoms with Crippen LogP contribution in [-0.4, -0.2) is 17.0 Å². The van der Waals surface area contributed by atoms with Crippen molar-refractivity contribution in [2.75, 3.05) is 5.32 Å². The van der Waals surface area contributed by atoms with Crippen LogP contribution in [0.1, 0.15) is 27.2 Å². The minimum Gasteiger partial charge on any atom is -0.478 e. The number of benzene rings is 2. The molecule has 150 valence electrons. The summed E-state index contributed by atoms with van der Waals surface area (Å²) in [6, 6.07) is 15.0. The van der Waals surface area contributed by atoms with E-state index in [0.29, 0.717) is 22.2 Å². The maximum absolute atomic E-state index is 12.4. The summed E-state index contributed by atoms with van der Waals surface area (Å²) in [5.41, 5.74) is 2.85. The van der Waals surface area contributed by atoms with E-state index in [1.807, 2.05) is 13.0 Å². The van der Waals surface area contributed by atoms with Crippen LogP contribution in [0, 0.1) is 25.2 Å². The van der Waals surface area contributed by atoms with Gasteiger partial charge in [-0.3, -0.25) is 4.79 Å². The number of amides is 1. The van der Waals surface area contributed by atoms with Gasteiger partial charge in [-0.15, -0.1) is 0 Å². The highest BCUT2D eigenvalue weighted by Crippen LogP contribution is 2.27. The molecule has 0 fully saturated rings. The number of nitrogens with one attached hydrogen (secondary N) is 1. The van der Waals surface area contributed by atoms with Crippen molar-refractivity contribution >= 4 is 35.2 Å². The first-order valence-corrected chi connectivity index (χ1v) is 9.29. The Labute approximate surface area is 178 Å². The Hall–Kier alpha value is -3.82. The summed E-state index contributed by atoms with van der Waals surface area (Å²) >= 11 is 6.06. The standard InChI is InChI=1S/C23H17ClN2O4/c1-13-3-5-17(11-20(13)24)26-22(27)16(12-25)10-18-6-8-21(30-18)19-7-4-15(23(28)29)9-14(19)2/h3-11H,1-2H3,(H,26,27)(H,28,29)/b16-10-. The van der Waals surface area contributed by atoms with Gasteiger partial charge in [-0.2, -0.15) is 5.26 Å². The largest absolute Gasteiger partial charge is 0.478 e. The van der Waals surface area contributed by atoms with Crippen LogP contribution in [0.5, 0.6) is 0 Å². The van der Waals surface area contributed by atoms with Crippen LogP contribution in [0.2, 0.25) is 5.02 Å². The number of aromatic carboxylic acids is 1. The third kappa shape index (κ3) is 4.59. The quantitative estimate of drug-likeness (QED) is 0.421. The summed E-state index contributed by atoms with van der Waals surface area (Å²) < 4.78 is 5.74. The number of nitrogens with zero attached hydrogens (tertiary/aromatic N) is 1. The van der Waals surface area contributed by atoms with Gasteiger partial charge in [0.1, 0.15) is 23.2 Å². The third-order valence-corrected chi connectivity index (χ3v) is 4.85. The van der Waals surface area contributed by atoms with Crippen molar-refractivity contribution in [3.05, 3.63) is 81.6 Å². The summed E-state index contributed by atoms with van der Waals surface area (Å²) in [7, 11) is 0. The monoisotopic (exact) mass is 420 g/mol. The van der Waals surface area contributed by atoms with Gasteiger partial charge in [0.25, 0.3) is 5.91 Å². The highest BCUT2D eigenvalue weighted by Gasteiger charge is 2.13. The zero-order valence-corrected chi connectivity index (χ0v) is 16.9. The van der Waals surface area contributed by atoms with E-state index in [-0.39, 0.29) is 11.1 Å². The predicted molar refractivity (Wildman–Crippen MR) is 114 cm³/mol. The summed E-state index contributed by atoms with van der Waals surface area (Å²) in [6.45, 7) is 3.63. The first-order chi connectivity index (χ1) is 14.3. The zero-order valence-electron chi connectivity index (χ0n) is 16.2. The molecule has 1 amide bonds. The Kier molecular flexibility index (Phi) is 6.05. The van der Waals surface area contributed by atoms with Crippen molar-refractivity contribution in [1.29, 1.82) is 5.26 Å². The number of carboxylic acid groups (broad SMARTS) is 1. The zero-order chi connectivity index (χ0) is 21.8. The molecule has 0 atom stereocenters. The topological polar surface area (TPSA) is 103 Å². The van der Waals surface area contributed by atoms with Gasteiger partial charge in [0, 0.05) is 22.3 Å². The van der Waals surface area contributed by atoms with Gasteiger partial charge in [-0.25, -0.2) is 4.79 Å². The molecular weight excluding hydrogens is 404 g/mol. The van der Waals surface area contributed by atoms with Gasteiger partial charge in [-0.1, -0.05) is 23.7 Å². The second-order valence-corrected chi connectivity index (χ2v) is 7.03. The minimum absolute atomic E-state index is 0.134. The minimum atomic E-state index is -1.01. The van der Waals surface area contributed by atoms with Crippen molar-refractivity contribution in [3.8, 4) is 17.4 Å². The molecule has 0 spiro atoms. The third-order valence-electron chi connectivity index (χ3n) is 4.45. The molecule has 3 rings (SSSR count). The Morgan fingerprint density at radius 2 is 1.87 bits per heavy atom. The Morgan fingerprint density at radius 1 is 1.10 bits per heavy atom. The van der Waals surface area contributed by atoms with Crippen molar-refractivity contribution in [3.63, 3.8) is 0 Å². The number of carbonyl (C=O) groups is 2. The number of carboxylic acids is 1. The summed E-state index contributed by atoms with van der Waals surface area (Å²) in [5, 5.41) is 21.6. The fourth-order valence-corrected chi connectivity index (χ4v) is 2.99. The fraction of sp³-hybridized carbons (Fsp3) is 0.0870. The lowest BCUT2D eigenvalue weighted by Gasteiger charge is -2.06. The van der Waals surface area contributed by atoms with Crippen LogP contribution >= 0.6 is 11.6 Å². The predicted octanol–water partition coefficient (Wildman–Crippen LogP) is 5.46. The number of furan rings is 1. The van der Waals surface area contributed by atoms with Crippen molar-refractivity contribution in [2.24, 2.45) is 0 Å². The molecule has 0 aliphatic carbocycles. The van der Waals surface area contributed by atoms with E-state index in [4.69, 9.17) is 21.1 Å². The van der Waals surface area contributed by atoms with Crippen molar-refractivity contribution < 1.29 is 19.1 Å². The van der Waals surface area contributed by atoms with Gasteiger partial charge < -0.3 is 14.8 Å². The molecule has 0 saturated carbocycles. The number of hydrogen-bond donors (Lipinski definition) is 2. The van der Waals surface area contributed by atoms with Crippen molar-refractivity contribution in [2.45, 2.75) is 13.8 Å². The van der Waals surface area contributed by atoms with E-state index < -0.39 is 11.9 Å². The second kappa shape index (κ2) is 8.68. The summed E-state index contributed by atoms with van der Waals surface area (Å²) in [5.74, 6) is -0.774. The molecule has 0 unspecified atom stereocenters. The number of rotatable bonds is 5. The van der Waals surface area contributed by atoms with E-state index >= 15 is 0 Å². The molecular formula is C23H17ClN2O4. The SMILES string of the molecule is Cc1ccc(NC(=O)/C(C#N)=C\c2ccc(-c3ccc(C(=O)O)cc3C)o2)cc1Cl. The first-order valence-electron chi connectivity index (χ1n) is 8.92. The second-order valence-electron chi connectivity index (χ2n) is 6.62. The van der Waals surface area contributed by atoms with Gasteiger partial charge in [0.2, 0.25) is 0 Å². The molecule has 1 aromatic heterocycles. The van der Waals surface area contributed by atoms with Crippen LogP contribution in [0.3, 0.4) is 0 Å². The first kappa shape index (κ1) is 20.9. The van der Waals surface area contributed by atoms with E-state index in [9.17, 15) is 14.9 Å². The molecule has 30 heavy (non-hydrogen) atoms. The number of halogens is 1. The molecule has 2 aromatic carbocycles. The van der Waals surface area contributed by atoms with Crippen LogP contribution in [0.15, 0.2) is 58.5 Å². The lowest BCUT2D eigenvalue weighted by molar-refractivity contribution is -0.112. The van der Waals surface area contributed by atoms with E-state index in [1.54, 1.807) is 49.4 Å². The number of nitriles is 1. The Morgan fingerprint density at radius 3 is 2.50 bits per heavy atom. The number of anilines is 1. The molecule has 0 saturated heterocycles. The summed E-state index contributed by atoms with van der Waals surface area (Å²) in [6.07, 6.45) is 1.34. The number of hydrogen-bond acceptors (Lipinski definition) is 4. The summed E-state index contributed by atoms with van der Waals surface area (Å²) in [4.78, 5) is 23.5. The fourth-order valence-electron chi connectivity index (χ4n) is 2.81. The maximum atomic E-state index is 12.4. The molecule has 0 aliphatic heterocycles. The van der Waals surface area contributed by atoms with Crippen LogP contribution < -0.4 is 5.32 Å². The Bertz CT molecular complexity index is 1220. The van der Waals surface area contributed by atoms with Crippen molar-refractivity contribution in [1.82, 2.24) is 0 Å². The van der Waals surface area contributed by atoms with Gasteiger partial charge in [-0.05, 0) is 61.4 Å². The molecule has 0 bridgehead atoms. The molecule has 1 heterocycles. The van der Waals surface area contributed by atoms with E-state index in [0.717, 1.165) is 16.7 Å². The molecule has 2 N–H and O–H groups in total. The molecule has 7 heteroatoms. The van der Waals surface area contributed by atoms with Gasteiger partial charge >= 0.3 is 5.97 Å². The van der Waals surface area contributed by atoms with Gasteiger partial charge in [0.15, 0.2) is 0 Å². The average molecular weight is 421 g/mol. The van der Waals surface area contributed by atoms with Crippen LogP contribution in [-0.2, 0) is 4.79 Å². The highest BCUT2D eigenvalue weighted by molar-refractivity contribution is 6.31. The normalized spacial score (nSPS) is 11.1. The lowest BCUT2D eigenvalue weighted by Crippen LogP contribution is -2.13. The Balaban J connectivity index is 1.83. The lowest BCUT2D eigenvalue weighted by atomic mass is 10.0. The smallest absolute Gasteiger partial charge is 0.335 e. The molecule has 0 radical (unpaired) electrons. The van der Waals surface area contributed by atoms with Gasteiger partial charge in [0.05, 0.1) is 5.56 Å². The average Bonchev–Trinajstić information content (AvgIpc) is 3.17. The van der Waals surface area contributed by atoms with E-state index in [2.05, 4.69) is 5.32 Å². The number of aryl methyl sites for hydroxylation is 2. The molecule has 0 aliphatic rings. The van der Waals surface area contributed by atoms with Crippen LogP contribution in [0.25, 0.3) is 17.4 Å². The number of carbonyl (C=O) groups excluding carboxylic acids is 1. The van der Waals surface area contributed by atoms with Crippen LogP contribution in [0.4, 0.5) is 5.69 Å². The maximum Gasteiger partial charge on any atom is 0.335 e. The molecule has 6 nitrogen and oxygen atoms in total. The highest BCUT2D eigenvalue weighted by atomic mass is 35.5. The van der Waals surface area contributed by atoms with E-state index in [1.165, 1.54) is 12.1 Å².